The van der Waals surface area contributed by atoms with Crippen LogP contribution < -0.4 is 15.5 Å². The van der Waals surface area contributed by atoms with Crippen LogP contribution in [0.25, 0.3) is 0 Å². The molecule has 0 radical (unpaired) electrons. The summed E-state index contributed by atoms with van der Waals surface area (Å²) in [4.78, 5) is 34.2. The van der Waals surface area contributed by atoms with Crippen LogP contribution in [0.3, 0.4) is 0 Å². The normalized spacial score (nSPS) is 20.8. The van der Waals surface area contributed by atoms with Crippen molar-refractivity contribution in [2.75, 3.05) is 5.32 Å². The Bertz CT molecular complexity index is 608. The van der Waals surface area contributed by atoms with E-state index in [0.717, 1.165) is 0 Å². The lowest BCUT2D eigenvalue weighted by molar-refractivity contribution is -0.313. The molecule has 0 aromatic heterocycles. The lowest BCUT2D eigenvalue weighted by atomic mass is 9.82. The van der Waals surface area contributed by atoms with Crippen molar-refractivity contribution in [2.45, 2.75) is 12.8 Å². The number of hydrogen-bond acceptors (Lipinski definition) is 5. The van der Waals surface area contributed by atoms with Gasteiger partial charge in [-0.25, -0.2) is 0 Å². The molecule has 6 heteroatoms. The third-order valence-electron chi connectivity index (χ3n) is 3.48. The average molecular weight is 287 g/mol. The van der Waals surface area contributed by atoms with Crippen molar-refractivity contribution in [3.05, 3.63) is 42.0 Å². The van der Waals surface area contributed by atoms with Crippen molar-refractivity contribution < 1.29 is 24.6 Å². The van der Waals surface area contributed by atoms with E-state index in [2.05, 4.69) is 5.32 Å². The summed E-state index contributed by atoms with van der Waals surface area (Å²) in [6, 6.07) is 5.81. The lowest BCUT2D eigenvalue weighted by Crippen LogP contribution is -2.41. The van der Waals surface area contributed by atoms with Gasteiger partial charge < -0.3 is 25.1 Å². The van der Waals surface area contributed by atoms with Crippen molar-refractivity contribution in [3.63, 3.8) is 0 Å². The van der Waals surface area contributed by atoms with Gasteiger partial charge in [-0.05, 0) is 18.9 Å². The highest BCUT2D eigenvalue weighted by Crippen LogP contribution is 2.27. The highest BCUT2D eigenvalue weighted by atomic mass is 16.4. The molecule has 0 saturated carbocycles. The molecule has 1 aromatic rings. The van der Waals surface area contributed by atoms with Crippen LogP contribution in [0.4, 0.5) is 5.69 Å². The molecule has 1 aliphatic rings. The van der Waals surface area contributed by atoms with Gasteiger partial charge in [0.1, 0.15) is 0 Å². The van der Waals surface area contributed by atoms with Crippen molar-refractivity contribution in [1.29, 1.82) is 0 Å². The molecule has 0 unspecified atom stereocenters. The lowest BCUT2D eigenvalue weighted by Gasteiger charge is -2.28. The number of anilines is 1. The molecule has 21 heavy (non-hydrogen) atoms. The maximum atomic E-state index is 12.2. The van der Waals surface area contributed by atoms with Gasteiger partial charge in [-0.3, -0.25) is 4.79 Å². The highest BCUT2D eigenvalue weighted by Gasteiger charge is 2.30. The molecule has 0 saturated heterocycles. The van der Waals surface area contributed by atoms with E-state index in [0.29, 0.717) is 0 Å². The highest BCUT2D eigenvalue weighted by molar-refractivity contribution is 6.01. The first-order valence-electron chi connectivity index (χ1n) is 6.47. The summed E-state index contributed by atoms with van der Waals surface area (Å²) in [6.07, 6.45) is 3.92. The van der Waals surface area contributed by atoms with E-state index >= 15 is 0 Å². The van der Waals surface area contributed by atoms with E-state index in [1.807, 2.05) is 0 Å². The molecule has 2 atom stereocenters. The second-order valence-electron chi connectivity index (χ2n) is 4.80. The van der Waals surface area contributed by atoms with Crippen LogP contribution in [-0.4, -0.2) is 17.8 Å². The van der Waals surface area contributed by atoms with Gasteiger partial charge in [-0.1, -0.05) is 30.4 Å². The van der Waals surface area contributed by atoms with Crippen molar-refractivity contribution in [1.82, 2.24) is 0 Å². The molecule has 0 spiro atoms. The minimum absolute atomic E-state index is 0.0918. The fourth-order valence-electron chi connectivity index (χ4n) is 2.36. The Kier molecular flexibility index (Phi) is 4.37. The Hall–Kier alpha value is -2.63. The van der Waals surface area contributed by atoms with E-state index in [9.17, 15) is 24.6 Å². The zero-order chi connectivity index (χ0) is 15.4. The largest absolute Gasteiger partial charge is 0.550 e. The average Bonchev–Trinajstić information content (AvgIpc) is 2.47. The standard InChI is InChI=1S/C15H15NO5/c17-13(9-5-1-2-6-10(9)14(18)19)16-12-8-4-3-7-11(12)15(20)21/h1-4,7-10H,5-6H2,(H,16,17)(H,18,19)(H,20,21)/p-2/t9-,10+/m1/s1. The molecule has 0 fully saturated rings. The van der Waals surface area contributed by atoms with E-state index in [1.54, 1.807) is 18.2 Å². The van der Waals surface area contributed by atoms with E-state index in [1.165, 1.54) is 18.2 Å². The van der Waals surface area contributed by atoms with Gasteiger partial charge in [-0.2, -0.15) is 0 Å². The molecule has 1 N–H and O–H groups in total. The first kappa shape index (κ1) is 14.8. The maximum absolute atomic E-state index is 12.2. The van der Waals surface area contributed by atoms with Gasteiger partial charge in [-0.15, -0.1) is 0 Å². The Balaban J connectivity index is 2.20. The van der Waals surface area contributed by atoms with Crippen LogP contribution in [0.15, 0.2) is 36.4 Å². The Labute approximate surface area is 121 Å². The predicted molar refractivity (Wildman–Crippen MR) is 69.8 cm³/mol. The zero-order valence-electron chi connectivity index (χ0n) is 11.1. The number of carboxylic acids is 2. The molecule has 110 valence electrons. The maximum Gasteiger partial charge on any atom is 0.228 e. The number of aliphatic carboxylic acids is 1. The van der Waals surface area contributed by atoms with Gasteiger partial charge in [0.2, 0.25) is 5.91 Å². The molecule has 0 aliphatic heterocycles. The first-order chi connectivity index (χ1) is 10.0. The topological polar surface area (TPSA) is 109 Å². The summed E-state index contributed by atoms with van der Waals surface area (Å²) in [7, 11) is 0. The number of amides is 1. The number of benzene rings is 1. The van der Waals surface area contributed by atoms with Crippen LogP contribution in [0.2, 0.25) is 0 Å². The number of aromatic carboxylic acids is 1. The summed E-state index contributed by atoms with van der Waals surface area (Å²) in [6.45, 7) is 0. The molecular weight excluding hydrogens is 274 g/mol. The van der Waals surface area contributed by atoms with Gasteiger partial charge in [0, 0.05) is 23.1 Å². The van der Waals surface area contributed by atoms with E-state index in [-0.39, 0.29) is 24.1 Å². The summed E-state index contributed by atoms with van der Waals surface area (Å²) in [5.74, 6) is -4.93. The van der Waals surface area contributed by atoms with Crippen molar-refractivity contribution in [3.8, 4) is 0 Å². The predicted octanol–water partition coefficient (Wildman–Crippen LogP) is -0.679. The quantitative estimate of drug-likeness (QED) is 0.738. The third kappa shape index (κ3) is 3.28. The molecule has 6 nitrogen and oxygen atoms in total. The Morgan fingerprint density at radius 2 is 1.62 bits per heavy atom. The molecule has 1 aromatic carbocycles. The van der Waals surface area contributed by atoms with Gasteiger partial charge >= 0.3 is 0 Å². The number of nitrogens with one attached hydrogen (secondary N) is 1. The third-order valence-corrected chi connectivity index (χ3v) is 3.48. The monoisotopic (exact) mass is 287 g/mol. The Morgan fingerprint density at radius 3 is 2.24 bits per heavy atom. The van der Waals surface area contributed by atoms with Crippen molar-refractivity contribution in [2.24, 2.45) is 11.8 Å². The first-order valence-corrected chi connectivity index (χ1v) is 6.47. The van der Waals surface area contributed by atoms with Crippen LogP contribution in [-0.2, 0) is 9.59 Å². The van der Waals surface area contributed by atoms with E-state index < -0.39 is 29.7 Å². The number of carbonyl (C=O) groups excluding carboxylic acids is 3. The molecular formula is C15H13NO5-2. The second-order valence-corrected chi connectivity index (χ2v) is 4.80. The summed E-state index contributed by atoms with van der Waals surface area (Å²) in [5.41, 5.74) is -0.0589. The number of carboxylic acid groups (broad SMARTS) is 2. The summed E-state index contributed by atoms with van der Waals surface area (Å²) < 4.78 is 0. The number of allylic oxidation sites excluding steroid dienone is 2. The molecule has 1 amide bonds. The number of carbonyl (C=O) groups is 3. The minimum Gasteiger partial charge on any atom is -0.550 e. The molecule has 0 heterocycles. The Morgan fingerprint density at radius 1 is 1.00 bits per heavy atom. The molecule has 1 aliphatic carbocycles. The van der Waals surface area contributed by atoms with Gasteiger partial charge in [0.25, 0.3) is 0 Å². The van der Waals surface area contributed by atoms with Gasteiger partial charge in [0.15, 0.2) is 0 Å². The fraction of sp³-hybridized carbons (Fsp3) is 0.267. The second kappa shape index (κ2) is 6.21. The molecule has 0 bridgehead atoms. The van der Waals surface area contributed by atoms with Crippen LogP contribution in [0.1, 0.15) is 23.2 Å². The van der Waals surface area contributed by atoms with Gasteiger partial charge in [0.05, 0.1) is 11.9 Å². The SMILES string of the molecule is O=C([O-])c1ccccc1NC(=O)[C@@H]1CC=CC[C@@H]1C(=O)[O-]. The summed E-state index contributed by atoms with van der Waals surface area (Å²) in [5, 5.41) is 24.5. The van der Waals surface area contributed by atoms with Crippen LogP contribution in [0.5, 0.6) is 0 Å². The smallest absolute Gasteiger partial charge is 0.228 e. The van der Waals surface area contributed by atoms with Crippen LogP contribution >= 0.6 is 0 Å². The number of para-hydroxylation sites is 1. The number of hydrogen-bond donors (Lipinski definition) is 1. The fourth-order valence-corrected chi connectivity index (χ4v) is 2.36. The van der Waals surface area contributed by atoms with Crippen LogP contribution in [0, 0.1) is 11.8 Å². The zero-order valence-corrected chi connectivity index (χ0v) is 11.1. The van der Waals surface area contributed by atoms with Crippen molar-refractivity contribution >= 4 is 23.5 Å². The minimum atomic E-state index is -1.41. The number of rotatable bonds is 4. The molecule has 2 rings (SSSR count). The van der Waals surface area contributed by atoms with E-state index in [4.69, 9.17) is 0 Å². The summed E-state index contributed by atoms with van der Waals surface area (Å²) >= 11 is 0.